The highest BCUT2D eigenvalue weighted by Gasteiger charge is 2.33. The van der Waals surface area contributed by atoms with Crippen molar-refractivity contribution in [2.24, 2.45) is 0 Å². The largest absolute Gasteiger partial charge is 0.481 e. The summed E-state index contributed by atoms with van der Waals surface area (Å²) in [6.07, 6.45) is 4.35. The highest BCUT2D eigenvalue weighted by atomic mass is 32.1. The molecular weight excluding hydrogens is 290 g/mol. The second kappa shape index (κ2) is 6.43. The number of piperidine rings is 1. The fraction of sp³-hybridized carbons (Fsp3) is 0.643. The molecule has 7 heteroatoms. The number of aromatic nitrogens is 1. The molecule has 0 bridgehead atoms. The fourth-order valence-electron chi connectivity index (χ4n) is 2.61. The van der Waals surface area contributed by atoms with Gasteiger partial charge in [0.2, 0.25) is 0 Å². The van der Waals surface area contributed by atoms with Crippen LogP contribution in [0.5, 0.6) is 0 Å². The number of hydrogen-bond donors (Lipinski definition) is 2. The topological polar surface area (TPSA) is 82.5 Å². The number of rotatable bonds is 4. The Kier molecular flexibility index (Phi) is 4.82. The predicted molar refractivity (Wildman–Crippen MR) is 80.3 cm³/mol. The van der Waals surface area contributed by atoms with E-state index in [2.05, 4.69) is 10.3 Å². The molecule has 1 aliphatic rings. The minimum atomic E-state index is -0.862. The van der Waals surface area contributed by atoms with Crippen molar-refractivity contribution in [1.82, 2.24) is 15.2 Å². The van der Waals surface area contributed by atoms with Crippen molar-refractivity contribution in [1.29, 1.82) is 0 Å². The fourth-order valence-corrected chi connectivity index (χ4v) is 3.32. The predicted octanol–water partition coefficient (Wildman–Crippen LogP) is 2.42. The first-order valence-electron chi connectivity index (χ1n) is 7.10. The average Bonchev–Trinajstić information content (AvgIpc) is 2.92. The molecular formula is C14H21N3O3S. The number of nitrogens with zero attached hydrogens (tertiary/aromatic N) is 2. The molecule has 1 fully saturated rings. The first-order valence-corrected chi connectivity index (χ1v) is 7.98. The highest BCUT2D eigenvalue weighted by molar-refractivity contribution is 7.09. The number of likely N-dealkylation sites (tertiary alicyclic amines) is 1. The Morgan fingerprint density at radius 2 is 2.29 bits per heavy atom. The molecule has 2 heterocycles. The summed E-state index contributed by atoms with van der Waals surface area (Å²) in [6, 6.07) is -0.426. The van der Waals surface area contributed by atoms with Gasteiger partial charge in [-0.3, -0.25) is 4.79 Å². The molecule has 0 aromatic carbocycles. The highest BCUT2D eigenvalue weighted by Crippen LogP contribution is 2.24. The lowest BCUT2D eigenvalue weighted by Crippen LogP contribution is -2.53. The molecule has 21 heavy (non-hydrogen) atoms. The lowest BCUT2D eigenvalue weighted by Gasteiger charge is -2.37. The van der Waals surface area contributed by atoms with Crippen LogP contribution in [0.3, 0.4) is 0 Å². The van der Waals surface area contributed by atoms with E-state index in [4.69, 9.17) is 5.11 Å². The van der Waals surface area contributed by atoms with E-state index in [0.717, 1.165) is 24.3 Å². The summed E-state index contributed by atoms with van der Waals surface area (Å²) in [5.74, 6) is -0.862. The number of carbonyl (C=O) groups excluding carboxylic acids is 1. The van der Waals surface area contributed by atoms with Crippen molar-refractivity contribution in [2.75, 3.05) is 6.54 Å². The van der Waals surface area contributed by atoms with Crippen molar-refractivity contribution >= 4 is 23.3 Å². The first-order chi connectivity index (χ1) is 9.90. The number of nitrogens with one attached hydrogen (secondary N) is 1. The number of carboxylic acid groups (broad SMARTS) is 1. The van der Waals surface area contributed by atoms with Crippen LogP contribution in [0.1, 0.15) is 44.5 Å². The smallest absolute Gasteiger partial charge is 0.318 e. The number of thiazole rings is 1. The molecule has 1 atom stereocenters. The molecule has 1 saturated heterocycles. The van der Waals surface area contributed by atoms with Crippen molar-refractivity contribution in [3.8, 4) is 0 Å². The second-order valence-electron chi connectivity index (χ2n) is 5.83. The Hall–Kier alpha value is -1.63. The molecule has 2 rings (SSSR count). The van der Waals surface area contributed by atoms with Crippen molar-refractivity contribution in [2.45, 2.75) is 51.1 Å². The van der Waals surface area contributed by atoms with Gasteiger partial charge in [0.25, 0.3) is 0 Å². The van der Waals surface area contributed by atoms with Crippen LogP contribution in [0.15, 0.2) is 11.6 Å². The zero-order valence-corrected chi connectivity index (χ0v) is 13.2. The summed E-state index contributed by atoms with van der Waals surface area (Å²) in [5.41, 5.74) is -0.559. The monoisotopic (exact) mass is 311 g/mol. The Bertz CT molecular complexity index is 502. The standard InChI is InChI=1S/C14H21N3O3S/c1-14(2,12-15-6-8-21-12)16-13(20)17-7-4-3-5-10(17)9-11(18)19/h6,8,10H,3-5,7,9H2,1-2H3,(H,16,20)(H,18,19). The summed E-state index contributed by atoms with van der Waals surface area (Å²) < 4.78 is 0. The molecule has 2 amide bonds. The molecule has 6 nitrogen and oxygen atoms in total. The summed E-state index contributed by atoms with van der Waals surface area (Å²) in [5, 5.41) is 14.7. The molecule has 1 aromatic heterocycles. The third-order valence-corrected chi connectivity index (χ3v) is 4.78. The van der Waals surface area contributed by atoms with E-state index >= 15 is 0 Å². The maximum Gasteiger partial charge on any atom is 0.318 e. The average molecular weight is 311 g/mol. The zero-order chi connectivity index (χ0) is 15.5. The molecule has 1 aromatic rings. The summed E-state index contributed by atoms with van der Waals surface area (Å²) >= 11 is 1.49. The molecule has 0 radical (unpaired) electrons. The minimum absolute atomic E-state index is 0.00506. The zero-order valence-electron chi connectivity index (χ0n) is 12.3. The summed E-state index contributed by atoms with van der Waals surface area (Å²) in [6.45, 7) is 4.41. The molecule has 0 aliphatic carbocycles. The molecule has 2 N–H and O–H groups in total. The number of hydrogen-bond acceptors (Lipinski definition) is 4. The van der Waals surface area contributed by atoms with Gasteiger partial charge in [-0.2, -0.15) is 0 Å². The van der Waals surface area contributed by atoms with Crippen LogP contribution >= 0.6 is 11.3 Å². The number of aliphatic carboxylic acids is 1. The van der Waals surface area contributed by atoms with Crippen LogP contribution in [-0.2, 0) is 10.3 Å². The van der Waals surface area contributed by atoms with E-state index in [1.165, 1.54) is 11.3 Å². The van der Waals surface area contributed by atoms with Crippen LogP contribution in [0.4, 0.5) is 4.79 Å². The van der Waals surface area contributed by atoms with Gasteiger partial charge >= 0.3 is 12.0 Å². The Morgan fingerprint density at radius 1 is 1.52 bits per heavy atom. The Morgan fingerprint density at radius 3 is 2.90 bits per heavy atom. The van der Waals surface area contributed by atoms with Crippen LogP contribution in [-0.4, -0.2) is 39.6 Å². The molecule has 0 spiro atoms. The van der Waals surface area contributed by atoms with E-state index < -0.39 is 11.5 Å². The summed E-state index contributed by atoms with van der Waals surface area (Å²) in [7, 11) is 0. The van der Waals surface area contributed by atoms with Crippen LogP contribution in [0, 0.1) is 0 Å². The quantitative estimate of drug-likeness (QED) is 0.894. The maximum atomic E-state index is 12.5. The maximum absolute atomic E-state index is 12.5. The van der Waals surface area contributed by atoms with Gasteiger partial charge < -0.3 is 15.3 Å². The van der Waals surface area contributed by atoms with E-state index in [1.807, 2.05) is 19.2 Å². The van der Waals surface area contributed by atoms with Gasteiger partial charge in [-0.1, -0.05) is 0 Å². The number of carbonyl (C=O) groups is 2. The lowest BCUT2D eigenvalue weighted by molar-refractivity contribution is -0.138. The Balaban J connectivity index is 2.05. The SMILES string of the molecule is CC(C)(NC(=O)N1CCCCC1CC(=O)O)c1nccs1. The Labute approximate surface area is 128 Å². The number of amides is 2. The molecule has 1 aliphatic heterocycles. The first kappa shape index (κ1) is 15.8. The normalized spacial score (nSPS) is 19.3. The van der Waals surface area contributed by atoms with Crippen molar-refractivity contribution < 1.29 is 14.7 Å². The van der Waals surface area contributed by atoms with Gasteiger partial charge in [-0.15, -0.1) is 11.3 Å². The van der Waals surface area contributed by atoms with E-state index in [9.17, 15) is 9.59 Å². The van der Waals surface area contributed by atoms with Gasteiger partial charge in [0.1, 0.15) is 5.01 Å². The van der Waals surface area contributed by atoms with E-state index in [0.29, 0.717) is 6.54 Å². The van der Waals surface area contributed by atoms with Crippen molar-refractivity contribution in [3.63, 3.8) is 0 Å². The van der Waals surface area contributed by atoms with Gasteiger partial charge in [-0.05, 0) is 33.1 Å². The molecule has 116 valence electrons. The van der Waals surface area contributed by atoms with Crippen LogP contribution < -0.4 is 5.32 Å². The van der Waals surface area contributed by atoms with Crippen LogP contribution in [0.2, 0.25) is 0 Å². The molecule has 0 saturated carbocycles. The van der Waals surface area contributed by atoms with Crippen molar-refractivity contribution in [3.05, 3.63) is 16.6 Å². The minimum Gasteiger partial charge on any atom is -0.481 e. The number of urea groups is 1. The van der Waals surface area contributed by atoms with Gasteiger partial charge in [0, 0.05) is 24.2 Å². The lowest BCUT2D eigenvalue weighted by atomic mass is 9.99. The van der Waals surface area contributed by atoms with Gasteiger partial charge in [0.15, 0.2) is 0 Å². The van der Waals surface area contributed by atoms with Gasteiger partial charge in [-0.25, -0.2) is 9.78 Å². The summed E-state index contributed by atoms with van der Waals surface area (Å²) in [4.78, 5) is 29.3. The third-order valence-electron chi connectivity index (χ3n) is 3.68. The van der Waals surface area contributed by atoms with Gasteiger partial charge in [0.05, 0.1) is 12.0 Å². The molecule has 1 unspecified atom stereocenters. The van der Waals surface area contributed by atoms with Crippen LogP contribution in [0.25, 0.3) is 0 Å². The third kappa shape index (κ3) is 3.93. The van der Waals surface area contributed by atoms with E-state index in [1.54, 1.807) is 11.1 Å². The van der Waals surface area contributed by atoms with E-state index in [-0.39, 0.29) is 18.5 Å². The second-order valence-corrected chi connectivity index (χ2v) is 6.73. The number of carboxylic acids is 1.